The van der Waals surface area contributed by atoms with Gasteiger partial charge in [0.2, 0.25) is 0 Å². The van der Waals surface area contributed by atoms with E-state index in [1.54, 1.807) is 30.7 Å². The van der Waals surface area contributed by atoms with Crippen molar-refractivity contribution in [2.75, 3.05) is 20.3 Å². The molecule has 0 radical (unpaired) electrons. The van der Waals surface area contributed by atoms with Crippen molar-refractivity contribution < 1.29 is 28.5 Å². The van der Waals surface area contributed by atoms with Crippen molar-refractivity contribution in [3.05, 3.63) is 67.4 Å². The number of carbonyl (C=O) groups is 1. The fourth-order valence-electron chi connectivity index (χ4n) is 6.27. The largest absolute Gasteiger partial charge is 0.485 e. The monoisotopic (exact) mass is 492 g/mol. The Balaban J connectivity index is 1.51. The summed E-state index contributed by atoms with van der Waals surface area (Å²) in [6, 6.07) is 3.33. The van der Waals surface area contributed by atoms with Crippen molar-refractivity contribution in [2.24, 2.45) is 5.92 Å². The molecule has 186 valence electrons. The first kappa shape index (κ1) is 21.7. The Morgan fingerprint density at radius 2 is 1.94 bits per heavy atom. The van der Waals surface area contributed by atoms with E-state index in [2.05, 4.69) is 5.32 Å². The topological polar surface area (TPSA) is 99.0 Å². The van der Waals surface area contributed by atoms with Gasteiger partial charge in [-0.3, -0.25) is 4.79 Å². The molecule has 8 nitrogen and oxygen atoms in total. The predicted molar refractivity (Wildman–Crippen MR) is 127 cm³/mol. The van der Waals surface area contributed by atoms with Gasteiger partial charge in [-0.2, -0.15) is 0 Å². The summed E-state index contributed by atoms with van der Waals surface area (Å²) < 4.78 is 33.4. The number of rotatable bonds is 2. The number of benzene rings is 1. The molecule has 0 saturated heterocycles. The third-order valence-corrected chi connectivity index (χ3v) is 8.15. The lowest BCUT2D eigenvalue weighted by molar-refractivity contribution is -0.172. The molecular weight excluding hydrogens is 467 g/mol. The van der Waals surface area contributed by atoms with Crippen LogP contribution in [0.15, 0.2) is 28.1 Å². The predicted octanol–water partition coefficient (Wildman–Crippen LogP) is 2.39. The fourth-order valence-corrected chi connectivity index (χ4v) is 6.27. The second-order valence-electron chi connectivity index (χ2n) is 9.96. The summed E-state index contributed by atoms with van der Waals surface area (Å²) in [4.78, 5) is 26.2. The van der Waals surface area contributed by atoms with Crippen molar-refractivity contribution >= 4 is 17.2 Å². The number of aliphatic hydroxyl groups is 1. The van der Waals surface area contributed by atoms with Gasteiger partial charge in [0.15, 0.2) is 22.9 Å². The van der Waals surface area contributed by atoms with Crippen LogP contribution < -0.4 is 20.3 Å². The average molecular weight is 493 g/mol. The average Bonchev–Trinajstić information content (AvgIpc) is 3.51. The lowest BCUT2D eigenvalue weighted by Gasteiger charge is -2.31. The highest BCUT2D eigenvalue weighted by atomic mass is 19.1. The minimum atomic E-state index is -1.86. The van der Waals surface area contributed by atoms with Crippen LogP contribution in [0.4, 0.5) is 4.39 Å². The number of hydrogen-bond donors (Lipinski definition) is 2. The summed E-state index contributed by atoms with van der Waals surface area (Å²) in [5.41, 5.74) is 4.63. The molecular formula is C27H25FN2O6. The van der Waals surface area contributed by atoms with Gasteiger partial charge in [-0.25, -0.2) is 9.18 Å². The molecule has 2 N–H and O–H groups in total. The number of halogens is 1. The summed E-state index contributed by atoms with van der Waals surface area (Å²) in [5.74, 6) is -0.452. The van der Waals surface area contributed by atoms with E-state index in [4.69, 9.17) is 14.2 Å². The number of fused-ring (bicyclic) bond motifs is 8. The van der Waals surface area contributed by atoms with Crippen molar-refractivity contribution in [1.82, 2.24) is 9.88 Å². The second kappa shape index (κ2) is 7.22. The van der Waals surface area contributed by atoms with Gasteiger partial charge in [0.1, 0.15) is 19.8 Å². The molecule has 2 aliphatic carbocycles. The lowest BCUT2D eigenvalue weighted by Crippen LogP contribution is -2.44. The van der Waals surface area contributed by atoms with Gasteiger partial charge in [0.25, 0.3) is 5.56 Å². The number of nitrogens with one attached hydrogen (secondary N) is 1. The van der Waals surface area contributed by atoms with Gasteiger partial charge in [0.05, 0.1) is 23.5 Å². The van der Waals surface area contributed by atoms with Crippen molar-refractivity contribution in [3.8, 4) is 11.5 Å². The molecule has 0 amide bonds. The van der Waals surface area contributed by atoms with Crippen LogP contribution in [0.25, 0.3) is 11.3 Å². The maximum Gasteiger partial charge on any atom is 0.343 e. The summed E-state index contributed by atoms with van der Waals surface area (Å²) in [6.45, 7) is 2.43. The van der Waals surface area contributed by atoms with E-state index in [1.807, 2.05) is 0 Å². The minimum Gasteiger partial charge on any atom is -0.485 e. The number of esters is 1. The SMILES string of the molecule is CC[C@@]1(O)C(=O)OCc2c1cc1n(c2=O)CC2=C(\NC)c3c(cc(F)c4c3OCCO4)CC3C\C3=C\21. The van der Waals surface area contributed by atoms with Crippen LogP contribution in [0.5, 0.6) is 11.5 Å². The molecule has 1 unspecified atom stereocenters. The van der Waals surface area contributed by atoms with Crippen LogP contribution in [0.3, 0.4) is 0 Å². The molecule has 2 aromatic rings. The Kier molecular flexibility index (Phi) is 4.35. The number of pyridine rings is 1. The number of allylic oxidation sites excluding steroid dienone is 3. The Labute approximate surface area is 206 Å². The fraction of sp³-hybridized carbons (Fsp3) is 0.407. The second-order valence-corrected chi connectivity index (χ2v) is 9.96. The summed E-state index contributed by atoms with van der Waals surface area (Å²) in [5, 5.41) is 14.5. The van der Waals surface area contributed by atoms with Crippen molar-refractivity contribution in [1.29, 1.82) is 0 Å². The van der Waals surface area contributed by atoms with Gasteiger partial charge in [-0.05, 0) is 42.9 Å². The zero-order chi connectivity index (χ0) is 24.9. The van der Waals surface area contributed by atoms with E-state index in [-0.39, 0.29) is 36.9 Å². The molecule has 3 aliphatic heterocycles. The standard InChI is InChI=1S/C27H25FN2O6/c1-3-27(33)17-9-19-21-14-7-12(14)6-13-8-18(28)23-24(35-5-4-34-23)20(13)22(29-2)15(21)10-30(19)25(31)16(17)11-36-26(27)32/h8-9,12,29,33H,3-7,10-11H2,1-2H3/b21-14+,22-15+/t12?,27-/m0/s1. The molecule has 2 atom stereocenters. The van der Waals surface area contributed by atoms with Gasteiger partial charge in [-0.1, -0.05) is 12.5 Å². The number of cyclic esters (lactones) is 1. The summed E-state index contributed by atoms with van der Waals surface area (Å²) in [7, 11) is 1.80. The van der Waals surface area contributed by atoms with Gasteiger partial charge >= 0.3 is 5.97 Å². The number of carbonyl (C=O) groups excluding carboxylic acids is 1. The van der Waals surface area contributed by atoms with Crippen LogP contribution in [0, 0.1) is 11.7 Å². The van der Waals surface area contributed by atoms with E-state index >= 15 is 0 Å². The first-order valence-electron chi connectivity index (χ1n) is 12.3. The highest BCUT2D eigenvalue weighted by molar-refractivity contribution is 5.96. The van der Waals surface area contributed by atoms with Crippen LogP contribution in [-0.2, 0) is 34.7 Å². The van der Waals surface area contributed by atoms with E-state index < -0.39 is 17.4 Å². The van der Waals surface area contributed by atoms with E-state index in [1.165, 1.54) is 5.57 Å². The zero-order valence-electron chi connectivity index (χ0n) is 20.0. The van der Waals surface area contributed by atoms with Crippen LogP contribution in [-0.4, -0.2) is 35.9 Å². The quantitative estimate of drug-likeness (QED) is 0.621. The lowest BCUT2D eigenvalue weighted by atomic mass is 9.85. The van der Waals surface area contributed by atoms with E-state index in [0.29, 0.717) is 42.1 Å². The van der Waals surface area contributed by atoms with Crippen LogP contribution in [0.2, 0.25) is 0 Å². The highest BCUT2D eigenvalue weighted by Gasteiger charge is 2.47. The third kappa shape index (κ3) is 2.66. The molecule has 7 rings (SSSR count). The number of hydrogen-bond acceptors (Lipinski definition) is 7. The Morgan fingerprint density at radius 1 is 1.17 bits per heavy atom. The molecule has 0 spiro atoms. The zero-order valence-corrected chi connectivity index (χ0v) is 20.0. The van der Waals surface area contributed by atoms with Gasteiger partial charge < -0.3 is 29.2 Å². The van der Waals surface area contributed by atoms with E-state index in [0.717, 1.165) is 34.4 Å². The molecule has 1 aromatic heterocycles. The van der Waals surface area contributed by atoms with Gasteiger partial charge in [0, 0.05) is 29.3 Å². The van der Waals surface area contributed by atoms with Gasteiger partial charge in [-0.15, -0.1) is 0 Å². The normalized spacial score (nSPS) is 29.1. The van der Waals surface area contributed by atoms with Crippen molar-refractivity contribution in [3.63, 3.8) is 0 Å². The Bertz CT molecular complexity index is 1520. The van der Waals surface area contributed by atoms with E-state index in [9.17, 15) is 19.1 Å². The third-order valence-electron chi connectivity index (χ3n) is 8.15. The molecule has 1 aromatic carbocycles. The molecule has 5 aliphatic rings. The maximum atomic E-state index is 14.9. The smallest absolute Gasteiger partial charge is 0.343 e. The maximum absolute atomic E-state index is 14.9. The van der Waals surface area contributed by atoms with Crippen molar-refractivity contribution in [2.45, 2.75) is 44.9 Å². The molecule has 36 heavy (non-hydrogen) atoms. The molecule has 1 fully saturated rings. The molecule has 9 heteroatoms. The first-order chi connectivity index (χ1) is 17.4. The minimum absolute atomic E-state index is 0.100. The first-order valence-corrected chi connectivity index (χ1v) is 12.3. The number of aromatic nitrogens is 1. The Hall–Kier alpha value is -3.59. The molecule has 0 bridgehead atoms. The summed E-state index contributed by atoms with van der Waals surface area (Å²) >= 11 is 0. The molecule has 4 heterocycles. The number of ether oxygens (including phenoxy) is 3. The summed E-state index contributed by atoms with van der Waals surface area (Å²) in [6.07, 6.45) is 1.57. The number of nitrogens with zero attached hydrogens (tertiary/aromatic N) is 1. The van der Waals surface area contributed by atoms with Crippen LogP contribution >= 0.6 is 0 Å². The molecule has 1 saturated carbocycles. The Morgan fingerprint density at radius 3 is 2.69 bits per heavy atom. The van der Waals surface area contributed by atoms with Crippen LogP contribution in [0.1, 0.15) is 47.7 Å². The highest BCUT2D eigenvalue weighted by Crippen LogP contribution is 2.55.